The van der Waals surface area contributed by atoms with Crippen molar-refractivity contribution in [2.75, 3.05) is 12.8 Å². The number of hydrogen-bond acceptors (Lipinski definition) is 6. The molecule has 0 aliphatic heterocycles. The van der Waals surface area contributed by atoms with Crippen LogP contribution in [0.1, 0.15) is 28.9 Å². The molecule has 0 bridgehead atoms. The molecule has 1 amide bonds. The fourth-order valence-electron chi connectivity index (χ4n) is 3.09. The predicted molar refractivity (Wildman–Crippen MR) is 105 cm³/mol. The number of carbonyl (C=O) groups is 1. The minimum Gasteiger partial charge on any atom is -0.383 e. The van der Waals surface area contributed by atoms with Crippen LogP contribution >= 0.6 is 0 Å². The minimum atomic E-state index is -0.447. The number of nitrogen functional groups attached to an aromatic ring is 1. The summed E-state index contributed by atoms with van der Waals surface area (Å²) in [5, 5.41) is 12.0. The number of nitriles is 1. The number of pyridine rings is 3. The summed E-state index contributed by atoms with van der Waals surface area (Å²) in [7, 11) is 1.57. The molecule has 7 heteroatoms. The van der Waals surface area contributed by atoms with Gasteiger partial charge in [0.05, 0.1) is 28.4 Å². The molecule has 138 valence electrons. The highest BCUT2D eigenvalue weighted by atomic mass is 16.1. The summed E-state index contributed by atoms with van der Waals surface area (Å²) >= 11 is 0. The summed E-state index contributed by atoms with van der Waals surface area (Å²) in [5.74, 6) is 0.156. The highest BCUT2D eigenvalue weighted by molar-refractivity contribution is 5.94. The third-order valence-electron chi connectivity index (χ3n) is 4.99. The van der Waals surface area contributed by atoms with Gasteiger partial charge in [-0.15, -0.1) is 0 Å². The van der Waals surface area contributed by atoms with Gasteiger partial charge in [-0.3, -0.25) is 14.8 Å². The van der Waals surface area contributed by atoms with Crippen molar-refractivity contribution < 1.29 is 4.79 Å². The van der Waals surface area contributed by atoms with Crippen molar-refractivity contribution in [2.45, 2.75) is 18.3 Å². The van der Waals surface area contributed by atoms with Gasteiger partial charge in [-0.2, -0.15) is 5.26 Å². The molecule has 0 atom stereocenters. The zero-order valence-corrected chi connectivity index (χ0v) is 15.3. The van der Waals surface area contributed by atoms with Crippen LogP contribution in [0.15, 0.2) is 48.9 Å². The topological polar surface area (TPSA) is 118 Å². The summed E-state index contributed by atoms with van der Waals surface area (Å²) in [6.45, 7) is 0. The maximum Gasteiger partial charge on any atom is 0.252 e. The Morgan fingerprint density at radius 3 is 2.61 bits per heavy atom. The van der Waals surface area contributed by atoms with Crippen LogP contribution in [0.25, 0.3) is 22.4 Å². The molecule has 0 aromatic carbocycles. The molecule has 28 heavy (non-hydrogen) atoms. The lowest BCUT2D eigenvalue weighted by molar-refractivity contribution is 0.0963. The Labute approximate surface area is 162 Å². The highest BCUT2D eigenvalue weighted by Gasteiger charge is 2.46. The van der Waals surface area contributed by atoms with Crippen LogP contribution in [0.2, 0.25) is 0 Å². The number of aromatic nitrogens is 3. The van der Waals surface area contributed by atoms with E-state index in [9.17, 15) is 10.1 Å². The van der Waals surface area contributed by atoms with Gasteiger partial charge in [0.1, 0.15) is 5.82 Å². The SMILES string of the molecule is CNC(=O)c1ccc(-c2cc(-c3ccnc(C4(C#N)CC4)c3)cnc2N)nc1. The van der Waals surface area contributed by atoms with Crippen molar-refractivity contribution in [1.29, 1.82) is 5.26 Å². The van der Waals surface area contributed by atoms with Gasteiger partial charge in [0.25, 0.3) is 5.91 Å². The average Bonchev–Trinajstić information content (AvgIpc) is 3.55. The molecule has 4 rings (SSSR count). The first-order chi connectivity index (χ1) is 13.6. The molecular weight excluding hydrogens is 352 g/mol. The Kier molecular flexibility index (Phi) is 4.24. The van der Waals surface area contributed by atoms with E-state index in [1.807, 2.05) is 18.2 Å². The first-order valence-corrected chi connectivity index (χ1v) is 8.88. The van der Waals surface area contributed by atoms with E-state index in [-0.39, 0.29) is 5.91 Å². The van der Waals surface area contributed by atoms with Crippen molar-refractivity contribution in [2.24, 2.45) is 0 Å². The van der Waals surface area contributed by atoms with Crippen LogP contribution in [-0.2, 0) is 5.41 Å². The highest BCUT2D eigenvalue weighted by Crippen LogP contribution is 2.47. The van der Waals surface area contributed by atoms with Gasteiger partial charge >= 0.3 is 0 Å². The molecule has 3 heterocycles. The fourth-order valence-corrected chi connectivity index (χ4v) is 3.09. The third kappa shape index (κ3) is 3.05. The van der Waals surface area contributed by atoms with Crippen LogP contribution in [-0.4, -0.2) is 27.9 Å². The fraction of sp³-hybridized carbons (Fsp3) is 0.190. The number of carbonyl (C=O) groups excluding carboxylic acids is 1. The van der Waals surface area contributed by atoms with Crippen LogP contribution in [0.3, 0.4) is 0 Å². The second-order valence-corrected chi connectivity index (χ2v) is 6.79. The molecule has 0 saturated heterocycles. The Hall–Kier alpha value is -3.79. The van der Waals surface area contributed by atoms with E-state index in [1.165, 1.54) is 6.20 Å². The van der Waals surface area contributed by atoms with Crippen molar-refractivity contribution >= 4 is 11.7 Å². The van der Waals surface area contributed by atoms with Crippen LogP contribution in [0.5, 0.6) is 0 Å². The molecule has 1 fully saturated rings. The summed E-state index contributed by atoms with van der Waals surface area (Å²) in [6, 6.07) is 11.5. The van der Waals surface area contributed by atoms with Crippen molar-refractivity contribution in [3.63, 3.8) is 0 Å². The standard InChI is InChI=1S/C21H18N6O/c1-24-20(28)14-2-3-17(26-10-14)16-8-15(11-27-19(16)23)13-4-7-25-18(9-13)21(12-22)5-6-21/h2-4,7-11H,5-6H2,1H3,(H2,23,27)(H,24,28). The molecule has 0 spiro atoms. The van der Waals surface area contributed by atoms with Crippen molar-refractivity contribution in [3.05, 3.63) is 60.2 Å². The van der Waals surface area contributed by atoms with E-state index >= 15 is 0 Å². The molecular formula is C21H18N6O. The number of anilines is 1. The average molecular weight is 370 g/mol. The maximum atomic E-state index is 11.7. The van der Waals surface area contributed by atoms with Crippen LogP contribution < -0.4 is 11.1 Å². The molecule has 1 aliphatic carbocycles. The van der Waals surface area contributed by atoms with E-state index in [1.54, 1.807) is 31.6 Å². The second kappa shape index (κ2) is 6.74. The Bertz CT molecular complexity index is 1100. The first-order valence-electron chi connectivity index (χ1n) is 8.88. The molecule has 0 unspecified atom stereocenters. The van der Waals surface area contributed by atoms with Gasteiger partial charge in [-0.1, -0.05) is 0 Å². The smallest absolute Gasteiger partial charge is 0.252 e. The van der Waals surface area contributed by atoms with Gasteiger partial charge in [-0.25, -0.2) is 4.98 Å². The molecule has 1 aliphatic rings. The van der Waals surface area contributed by atoms with E-state index in [0.717, 1.165) is 29.7 Å². The first kappa shape index (κ1) is 17.6. The van der Waals surface area contributed by atoms with Crippen molar-refractivity contribution in [1.82, 2.24) is 20.3 Å². The zero-order chi connectivity index (χ0) is 19.7. The molecule has 3 aromatic heterocycles. The number of rotatable bonds is 4. The molecule has 1 saturated carbocycles. The Balaban J connectivity index is 1.71. The zero-order valence-electron chi connectivity index (χ0n) is 15.3. The number of amides is 1. The number of hydrogen-bond donors (Lipinski definition) is 2. The van der Waals surface area contributed by atoms with Gasteiger partial charge in [0.2, 0.25) is 0 Å². The monoisotopic (exact) mass is 370 g/mol. The van der Waals surface area contributed by atoms with Gasteiger partial charge < -0.3 is 11.1 Å². The number of nitrogens with two attached hydrogens (primary N) is 1. The van der Waals surface area contributed by atoms with E-state index in [2.05, 4.69) is 26.3 Å². The quantitative estimate of drug-likeness (QED) is 0.729. The van der Waals surface area contributed by atoms with Crippen molar-refractivity contribution in [3.8, 4) is 28.5 Å². The molecule has 3 N–H and O–H groups in total. The summed E-state index contributed by atoms with van der Waals surface area (Å²) in [4.78, 5) is 24.7. The number of nitrogens with one attached hydrogen (secondary N) is 1. The van der Waals surface area contributed by atoms with E-state index in [4.69, 9.17) is 5.73 Å². The predicted octanol–water partition coefficient (Wildman–Crippen LogP) is 2.70. The maximum absolute atomic E-state index is 11.7. The van der Waals surface area contributed by atoms with Gasteiger partial charge in [0.15, 0.2) is 0 Å². The second-order valence-electron chi connectivity index (χ2n) is 6.79. The largest absolute Gasteiger partial charge is 0.383 e. The lowest BCUT2D eigenvalue weighted by Gasteiger charge is -2.10. The van der Waals surface area contributed by atoms with Crippen LogP contribution in [0.4, 0.5) is 5.82 Å². The summed E-state index contributed by atoms with van der Waals surface area (Å²) < 4.78 is 0. The molecule has 7 nitrogen and oxygen atoms in total. The van der Waals surface area contributed by atoms with E-state index < -0.39 is 5.41 Å². The van der Waals surface area contributed by atoms with Crippen LogP contribution in [0, 0.1) is 11.3 Å². The number of nitrogens with zero attached hydrogens (tertiary/aromatic N) is 4. The summed E-state index contributed by atoms with van der Waals surface area (Å²) in [6.07, 6.45) is 6.60. The third-order valence-corrected chi connectivity index (χ3v) is 4.99. The lowest BCUT2D eigenvalue weighted by Crippen LogP contribution is -2.17. The van der Waals surface area contributed by atoms with Gasteiger partial charge in [0, 0.05) is 36.8 Å². The Morgan fingerprint density at radius 2 is 1.96 bits per heavy atom. The minimum absolute atomic E-state index is 0.199. The lowest BCUT2D eigenvalue weighted by atomic mass is 9.98. The molecule has 3 aromatic rings. The Morgan fingerprint density at radius 1 is 1.14 bits per heavy atom. The molecule has 0 radical (unpaired) electrons. The normalized spacial score (nSPS) is 14.1. The summed E-state index contributed by atoms with van der Waals surface area (Å²) in [5.41, 5.74) is 9.97. The van der Waals surface area contributed by atoms with E-state index in [0.29, 0.717) is 22.6 Å². The van der Waals surface area contributed by atoms with Gasteiger partial charge in [-0.05, 0) is 48.7 Å².